The van der Waals surface area contributed by atoms with Gasteiger partial charge in [0.2, 0.25) is 0 Å². The first-order chi connectivity index (χ1) is 5.70. The number of rotatable bonds is 5. The fourth-order valence-electron chi connectivity index (χ4n) is 1.08. The number of alkyl halides is 1. The molecule has 12 heavy (non-hydrogen) atoms. The number of hydrogen-bond acceptors (Lipinski definition) is 0. The fraction of sp³-hybridized carbons (Fsp3) is 0.636. The van der Waals surface area contributed by atoms with E-state index in [-0.39, 0.29) is 0 Å². The van der Waals surface area contributed by atoms with E-state index in [4.69, 9.17) is 11.6 Å². The van der Waals surface area contributed by atoms with Crippen LogP contribution >= 0.6 is 11.6 Å². The van der Waals surface area contributed by atoms with Gasteiger partial charge in [0.05, 0.1) is 0 Å². The lowest BCUT2D eigenvalue weighted by molar-refractivity contribution is 0.899. The van der Waals surface area contributed by atoms with Crippen LogP contribution in [0.4, 0.5) is 0 Å². The van der Waals surface area contributed by atoms with Crippen molar-refractivity contribution < 1.29 is 0 Å². The van der Waals surface area contributed by atoms with Crippen LogP contribution in [0.2, 0.25) is 0 Å². The van der Waals surface area contributed by atoms with Crippen molar-refractivity contribution in [2.75, 3.05) is 5.88 Å². The van der Waals surface area contributed by atoms with E-state index in [1.54, 1.807) is 0 Å². The van der Waals surface area contributed by atoms with Crippen molar-refractivity contribution in [1.29, 1.82) is 0 Å². The van der Waals surface area contributed by atoms with E-state index >= 15 is 0 Å². The Bertz CT molecular complexity index is 162. The summed E-state index contributed by atoms with van der Waals surface area (Å²) in [4.78, 5) is 0. The molecule has 0 fully saturated rings. The van der Waals surface area contributed by atoms with Gasteiger partial charge in [-0.15, -0.1) is 11.6 Å². The molecule has 0 bridgehead atoms. The molecule has 0 N–H and O–H groups in total. The Morgan fingerprint density at radius 2 is 1.92 bits per heavy atom. The first-order valence-corrected chi connectivity index (χ1v) is 5.11. The topological polar surface area (TPSA) is 0 Å². The summed E-state index contributed by atoms with van der Waals surface area (Å²) in [5, 5.41) is 0. The zero-order valence-electron chi connectivity index (χ0n) is 8.36. The Labute approximate surface area is 81.3 Å². The van der Waals surface area contributed by atoms with Gasteiger partial charge in [0, 0.05) is 5.88 Å². The van der Waals surface area contributed by atoms with Gasteiger partial charge in [-0.05, 0) is 33.1 Å². The van der Waals surface area contributed by atoms with Crippen LogP contribution in [-0.4, -0.2) is 5.88 Å². The molecule has 0 saturated carbocycles. The molecule has 0 rings (SSSR count). The van der Waals surface area contributed by atoms with E-state index in [1.165, 1.54) is 11.1 Å². The van der Waals surface area contributed by atoms with Crippen LogP contribution in [0.1, 0.15) is 40.0 Å². The summed E-state index contributed by atoms with van der Waals surface area (Å²) in [6.45, 7) is 6.45. The van der Waals surface area contributed by atoms with Crippen LogP contribution in [0.25, 0.3) is 0 Å². The third-order valence-electron chi connectivity index (χ3n) is 1.84. The molecule has 0 aliphatic carbocycles. The van der Waals surface area contributed by atoms with E-state index in [1.807, 2.05) is 0 Å². The molecule has 0 aromatic carbocycles. The van der Waals surface area contributed by atoms with E-state index in [0.29, 0.717) is 5.88 Å². The van der Waals surface area contributed by atoms with Crippen molar-refractivity contribution in [1.82, 2.24) is 0 Å². The fourth-order valence-corrected chi connectivity index (χ4v) is 1.30. The highest BCUT2D eigenvalue weighted by Gasteiger charge is 1.91. The minimum Gasteiger partial charge on any atom is -0.122 e. The van der Waals surface area contributed by atoms with Crippen molar-refractivity contribution >= 4 is 11.6 Å². The predicted molar refractivity (Wildman–Crippen MR) is 57.8 cm³/mol. The van der Waals surface area contributed by atoms with Gasteiger partial charge in [0.15, 0.2) is 0 Å². The molecule has 0 spiro atoms. The minimum atomic E-state index is 0.651. The average molecular weight is 187 g/mol. The number of allylic oxidation sites excluding steroid dienone is 4. The third-order valence-corrected chi connectivity index (χ3v) is 1.99. The summed E-state index contributed by atoms with van der Waals surface area (Å²) in [5.74, 6) is 0.651. The van der Waals surface area contributed by atoms with Gasteiger partial charge in [-0.2, -0.15) is 0 Å². The summed E-state index contributed by atoms with van der Waals surface area (Å²) in [6, 6.07) is 0. The highest BCUT2D eigenvalue weighted by atomic mass is 35.5. The second-order valence-corrected chi connectivity index (χ2v) is 3.50. The summed E-state index contributed by atoms with van der Waals surface area (Å²) in [5.41, 5.74) is 2.87. The molecular weight excluding hydrogens is 168 g/mol. The molecule has 0 nitrogen and oxygen atoms in total. The second-order valence-electron chi connectivity index (χ2n) is 3.19. The quantitative estimate of drug-likeness (QED) is 0.444. The molecule has 1 heteroatoms. The van der Waals surface area contributed by atoms with Gasteiger partial charge < -0.3 is 0 Å². The third kappa shape index (κ3) is 6.48. The van der Waals surface area contributed by atoms with Crippen LogP contribution in [0.15, 0.2) is 23.3 Å². The monoisotopic (exact) mass is 186 g/mol. The van der Waals surface area contributed by atoms with Crippen LogP contribution < -0.4 is 0 Å². The van der Waals surface area contributed by atoms with Gasteiger partial charge in [0.1, 0.15) is 0 Å². The van der Waals surface area contributed by atoms with Crippen LogP contribution in [-0.2, 0) is 0 Å². The predicted octanol–water partition coefficient (Wildman–Crippen LogP) is 4.31. The molecule has 70 valence electrons. The smallest absolute Gasteiger partial charge is 0.0406 e. The molecular formula is C11H19Cl. The molecule has 0 aromatic heterocycles. The zero-order chi connectivity index (χ0) is 9.40. The Morgan fingerprint density at radius 3 is 2.33 bits per heavy atom. The molecule has 0 saturated heterocycles. The highest BCUT2D eigenvalue weighted by Crippen LogP contribution is 2.11. The molecule has 0 radical (unpaired) electrons. The maximum absolute atomic E-state index is 5.62. The van der Waals surface area contributed by atoms with Crippen LogP contribution in [0.3, 0.4) is 0 Å². The molecule has 0 aromatic rings. The summed E-state index contributed by atoms with van der Waals surface area (Å²) < 4.78 is 0. The van der Waals surface area contributed by atoms with Gasteiger partial charge in [-0.3, -0.25) is 0 Å². The highest BCUT2D eigenvalue weighted by molar-refractivity contribution is 6.18. The Balaban J connectivity index is 3.74. The second kappa shape index (κ2) is 7.42. The van der Waals surface area contributed by atoms with Crippen molar-refractivity contribution in [3.05, 3.63) is 23.3 Å². The Kier molecular flexibility index (Phi) is 7.28. The van der Waals surface area contributed by atoms with Gasteiger partial charge in [0.25, 0.3) is 0 Å². The standard InChI is InChI=1S/C11H19Cl/c1-4-11(8-9-12)7-5-6-10(2)3/h6,8H,4-5,7,9H2,1-3H3/b11-8+. The SMILES string of the molecule is CC/C(=C\CCl)CCC=C(C)C. The maximum atomic E-state index is 5.62. The number of halogens is 1. The largest absolute Gasteiger partial charge is 0.122 e. The zero-order valence-corrected chi connectivity index (χ0v) is 9.12. The van der Waals surface area contributed by atoms with Gasteiger partial charge in [-0.1, -0.05) is 30.2 Å². The average Bonchev–Trinajstić information content (AvgIpc) is 2.02. The number of hydrogen-bond donors (Lipinski definition) is 0. The van der Waals surface area contributed by atoms with E-state index < -0.39 is 0 Å². The van der Waals surface area contributed by atoms with Crippen LogP contribution in [0.5, 0.6) is 0 Å². The van der Waals surface area contributed by atoms with Gasteiger partial charge >= 0.3 is 0 Å². The molecule has 0 aliphatic rings. The molecule has 0 heterocycles. The maximum Gasteiger partial charge on any atom is 0.0406 e. The van der Waals surface area contributed by atoms with E-state index in [9.17, 15) is 0 Å². The first kappa shape index (κ1) is 11.8. The lowest BCUT2D eigenvalue weighted by Crippen LogP contribution is -1.82. The van der Waals surface area contributed by atoms with Crippen molar-refractivity contribution in [3.8, 4) is 0 Å². The van der Waals surface area contributed by atoms with E-state index in [2.05, 4.69) is 32.9 Å². The molecule has 0 atom stereocenters. The molecule has 0 unspecified atom stereocenters. The Morgan fingerprint density at radius 1 is 1.25 bits per heavy atom. The summed E-state index contributed by atoms with van der Waals surface area (Å²) in [7, 11) is 0. The lowest BCUT2D eigenvalue weighted by atomic mass is 10.1. The molecule has 0 amide bonds. The molecule has 0 aliphatic heterocycles. The van der Waals surface area contributed by atoms with E-state index in [0.717, 1.165) is 19.3 Å². The minimum absolute atomic E-state index is 0.651. The lowest BCUT2D eigenvalue weighted by Gasteiger charge is -2.00. The van der Waals surface area contributed by atoms with Crippen molar-refractivity contribution in [3.63, 3.8) is 0 Å². The first-order valence-electron chi connectivity index (χ1n) is 4.58. The van der Waals surface area contributed by atoms with Crippen molar-refractivity contribution in [2.45, 2.75) is 40.0 Å². The summed E-state index contributed by atoms with van der Waals surface area (Å²) in [6.07, 6.45) is 7.84. The Hall–Kier alpha value is -0.230. The van der Waals surface area contributed by atoms with Crippen LogP contribution in [0, 0.1) is 0 Å². The van der Waals surface area contributed by atoms with Gasteiger partial charge in [-0.25, -0.2) is 0 Å². The summed E-state index contributed by atoms with van der Waals surface area (Å²) >= 11 is 5.62. The van der Waals surface area contributed by atoms with Crippen molar-refractivity contribution in [2.24, 2.45) is 0 Å². The normalized spacial score (nSPS) is 11.5.